The van der Waals surface area contributed by atoms with Crippen LogP contribution < -0.4 is 10.1 Å². The first-order valence-corrected chi connectivity index (χ1v) is 7.59. The van der Waals surface area contributed by atoms with Crippen LogP contribution in [0, 0.1) is 0 Å². The summed E-state index contributed by atoms with van der Waals surface area (Å²) in [5.41, 5.74) is 1.25. The van der Waals surface area contributed by atoms with E-state index in [2.05, 4.69) is 56.2 Å². The van der Waals surface area contributed by atoms with Crippen LogP contribution in [0.3, 0.4) is 0 Å². The second-order valence-corrected chi connectivity index (χ2v) is 5.56. The van der Waals surface area contributed by atoms with Gasteiger partial charge in [0.1, 0.15) is 5.75 Å². The lowest BCUT2D eigenvalue weighted by Gasteiger charge is -2.11. The molecule has 1 N–H and O–H groups in total. The fourth-order valence-corrected chi connectivity index (χ4v) is 3.04. The minimum atomic E-state index is 0. The predicted octanol–water partition coefficient (Wildman–Crippen LogP) is 4.92. The van der Waals surface area contributed by atoms with Crippen molar-refractivity contribution in [2.24, 2.45) is 0 Å². The average Bonchev–Trinajstić information content (AvgIpc) is 2.29. The summed E-state index contributed by atoms with van der Waals surface area (Å²) in [5, 5.41) is 3.43. The molecule has 0 saturated carbocycles. The van der Waals surface area contributed by atoms with Crippen molar-refractivity contribution < 1.29 is 4.74 Å². The second kappa shape index (κ2) is 10.1. The molecule has 1 rings (SSSR count). The van der Waals surface area contributed by atoms with Gasteiger partial charge in [-0.2, -0.15) is 0 Å². The first kappa shape index (κ1) is 18.2. The van der Waals surface area contributed by atoms with Crippen molar-refractivity contribution in [2.75, 3.05) is 13.2 Å². The molecule has 0 spiro atoms. The number of ether oxygens (including phenoxy) is 1. The van der Waals surface area contributed by atoms with Crippen molar-refractivity contribution in [1.29, 1.82) is 0 Å². The highest BCUT2D eigenvalue weighted by Gasteiger charge is 2.08. The molecule has 1 aromatic carbocycles. The van der Waals surface area contributed by atoms with Gasteiger partial charge >= 0.3 is 0 Å². The van der Waals surface area contributed by atoms with Gasteiger partial charge in [0.2, 0.25) is 0 Å². The molecule has 0 aliphatic carbocycles. The van der Waals surface area contributed by atoms with E-state index in [0.29, 0.717) is 6.61 Å². The van der Waals surface area contributed by atoms with Crippen molar-refractivity contribution in [3.8, 4) is 5.75 Å². The first-order chi connectivity index (χ1) is 8.19. The number of unbranched alkanes of at least 4 members (excludes halogenated alkanes) is 1. The zero-order valence-corrected chi connectivity index (χ0v) is 14.8. The number of rotatable bonds is 7. The van der Waals surface area contributed by atoms with E-state index < -0.39 is 0 Å². The van der Waals surface area contributed by atoms with E-state index in [0.717, 1.165) is 27.8 Å². The molecule has 0 atom stereocenters. The molecule has 104 valence electrons. The van der Waals surface area contributed by atoms with Crippen LogP contribution in [-0.2, 0) is 6.54 Å². The van der Waals surface area contributed by atoms with Crippen molar-refractivity contribution in [1.82, 2.24) is 5.32 Å². The molecule has 0 aliphatic heterocycles. The molecule has 0 radical (unpaired) electrons. The number of hydrogen-bond donors (Lipinski definition) is 1. The molecule has 0 fully saturated rings. The van der Waals surface area contributed by atoms with E-state index in [1.807, 2.05) is 6.92 Å². The molecular formula is C13H20Br2ClNO. The van der Waals surface area contributed by atoms with Crippen LogP contribution in [0.15, 0.2) is 21.1 Å². The maximum atomic E-state index is 5.55. The van der Waals surface area contributed by atoms with Crippen LogP contribution in [0.2, 0.25) is 0 Å². The maximum absolute atomic E-state index is 5.55. The van der Waals surface area contributed by atoms with Gasteiger partial charge in [-0.15, -0.1) is 12.4 Å². The van der Waals surface area contributed by atoms with Gasteiger partial charge in [0.05, 0.1) is 15.6 Å². The largest absolute Gasteiger partial charge is 0.492 e. The lowest BCUT2D eigenvalue weighted by molar-refractivity contribution is 0.336. The Morgan fingerprint density at radius 2 is 1.78 bits per heavy atom. The Kier molecular flexibility index (Phi) is 10.2. The summed E-state index contributed by atoms with van der Waals surface area (Å²) < 4.78 is 7.55. The van der Waals surface area contributed by atoms with E-state index >= 15 is 0 Å². The summed E-state index contributed by atoms with van der Waals surface area (Å²) in [5.74, 6) is 0.879. The normalized spacial score (nSPS) is 10.0. The minimum Gasteiger partial charge on any atom is -0.492 e. The molecule has 0 saturated heterocycles. The topological polar surface area (TPSA) is 21.3 Å². The highest BCUT2D eigenvalue weighted by molar-refractivity contribution is 9.11. The van der Waals surface area contributed by atoms with Gasteiger partial charge in [0.15, 0.2) is 0 Å². The van der Waals surface area contributed by atoms with Gasteiger partial charge in [-0.1, -0.05) is 13.3 Å². The Balaban J connectivity index is 0.00000289. The summed E-state index contributed by atoms with van der Waals surface area (Å²) in [4.78, 5) is 0. The fraction of sp³-hybridized carbons (Fsp3) is 0.538. The number of halogens is 3. The third kappa shape index (κ3) is 5.91. The molecule has 0 aliphatic rings. The summed E-state index contributed by atoms with van der Waals surface area (Å²) in [6, 6.07) is 4.21. The van der Waals surface area contributed by atoms with Gasteiger partial charge in [-0.25, -0.2) is 0 Å². The van der Waals surface area contributed by atoms with Gasteiger partial charge < -0.3 is 10.1 Å². The van der Waals surface area contributed by atoms with Gasteiger partial charge in [-0.3, -0.25) is 0 Å². The lowest BCUT2D eigenvalue weighted by Crippen LogP contribution is -2.14. The Morgan fingerprint density at radius 3 is 2.28 bits per heavy atom. The molecule has 0 amide bonds. The van der Waals surface area contributed by atoms with E-state index in [1.54, 1.807) is 0 Å². The Hall–Kier alpha value is 0.230. The molecule has 5 heteroatoms. The van der Waals surface area contributed by atoms with Crippen molar-refractivity contribution in [3.63, 3.8) is 0 Å². The summed E-state index contributed by atoms with van der Waals surface area (Å²) in [6.45, 7) is 6.82. The SMILES string of the molecule is CCCCNCc1cc(Br)c(OCC)c(Br)c1.Cl. The van der Waals surface area contributed by atoms with Crippen LogP contribution in [0.5, 0.6) is 5.75 Å². The zero-order valence-electron chi connectivity index (χ0n) is 10.8. The third-order valence-electron chi connectivity index (χ3n) is 2.38. The molecule has 0 heterocycles. The molecule has 0 bridgehead atoms. The van der Waals surface area contributed by atoms with Crippen LogP contribution in [0.1, 0.15) is 32.3 Å². The molecule has 0 aromatic heterocycles. The standard InChI is InChI=1S/C13H19Br2NO.ClH/c1-3-5-6-16-9-10-7-11(14)13(17-4-2)12(15)8-10;/h7-8,16H,3-6,9H2,1-2H3;1H. The van der Waals surface area contributed by atoms with E-state index in [4.69, 9.17) is 4.74 Å². The van der Waals surface area contributed by atoms with Crippen LogP contribution in [-0.4, -0.2) is 13.2 Å². The van der Waals surface area contributed by atoms with E-state index in [-0.39, 0.29) is 12.4 Å². The lowest BCUT2D eigenvalue weighted by atomic mass is 10.2. The van der Waals surface area contributed by atoms with Gasteiger partial charge in [0, 0.05) is 6.54 Å². The Bertz CT molecular complexity index is 338. The van der Waals surface area contributed by atoms with Crippen LogP contribution in [0.25, 0.3) is 0 Å². The first-order valence-electron chi connectivity index (χ1n) is 6.00. The quantitative estimate of drug-likeness (QED) is 0.655. The maximum Gasteiger partial charge on any atom is 0.147 e. The van der Waals surface area contributed by atoms with Crippen LogP contribution in [0.4, 0.5) is 0 Å². The Morgan fingerprint density at radius 1 is 1.17 bits per heavy atom. The average molecular weight is 402 g/mol. The van der Waals surface area contributed by atoms with Crippen molar-refractivity contribution >= 4 is 44.3 Å². The molecule has 1 aromatic rings. The predicted molar refractivity (Wildman–Crippen MR) is 86.9 cm³/mol. The minimum absolute atomic E-state index is 0. The Labute approximate surface area is 133 Å². The second-order valence-electron chi connectivity index (χ2n) is 3.85. The smallest absolute Gasteiger partial charge is 0.147 e. The number of benzene rings is 1. The third-order valence-corrected chi connectivity index (χ3v) is 3.56. The molecule has 18 heavy (non-hydrogen) atoms. The number of nitrogens with one attached hydrogen (secondary N) is 1. The fourth-order valence-electron chi connectivity index (χ4n) is 1.53. The van der Waals surface area contributed by atoms with Crippen LogP contribution >= 0.6 is 44.3 Å². The molecule has 2 nitrogen and oxygen atoms in total. The monoisotopic (exact) mass is 399 g/mol. The van der Waals surface area contributed by atoms with Gasteiger partial charge in [-0.05, 0) is 69.4 Å². The van der Waals surface area contributed by atoms with Gasteiger partial charge in [0.25, 0.3) is 0 Å². The van der Waals surface area contributed by atoms with Crippen molar-refractivity contribution in [2.45, 2.75) is 33.2 Å². The highest BCUT2D eigenvalue weighted by Crippen LogP contribution is 2.34. The van der Waals surface area contributed by atoms with E-state index in [9.17, 15) is 0 Å². The molecule has 0 unspecified atom stereocenters. The highest BCUT2D eigenvalue weighted by atomic mass is 79.9. The van der Waals surface area contributed by atoms with Crippen molar-refractivity contribution in [3.05, 3.63) is 26.6 Å². The van der Waals surface area contributed by atoms with E-state index in [1.165, 1.54) is 18.4 Å². The summed E-state index contributed by atoms with van der Waals surface area (Å²) in [7, 11) is 0. The zero-order chi connectivity index (χ0) is 12.7. The molecular weight excluding hydrogens is 381 g/mol. The summed E-state index contributed by atoms with van der Waals surface area (Å²) in [6.07, 6.45) is 2.45. The summed E-state index contributed by atoms with van der Waals surface area (Å²) >= 11 is 7.08. The number of hydrogen-bond acceptors (Lipinski definition) is 2.